The van der Waals surface area contributed by atoms with E-state index in [4.69, 9.17) is 5.73 Å². The average molecular weight is 228 g/mol. The summed E-state index contributed by atoms with van der Waals surface area (Å²) in [5.41, 5.74) is 4.01. The second kappa shape index (κ2) is 4.56. The summed E-state index contributed by atoms with van der Waals surface area (Å²) in [5, 5.41) is 10.6. The highest BCUT2D eigenvalue weighted by atomic mass is 19.1. The molecule has 7 heteroatoms. The highest BCUT2D eigenvalue weighted by Crippen LogP contribution is 2.27. The van der Waals surface area contributed by atoms with Crippen molar-refractivity contribution in [3.8, 4) is 0 Å². The van der Waals surface area contributed by atoms with E-state index >= 15 is 0 Å². The highest BCUT2D eigenvalue weighted by Gasteiger charge is 2.24. The lowest BCUT2D eigenvalue weighted by molar-refractivity contribution is -0.388. The van der Waals surface area contributed by atoms with Gasteiger partial charge >= 0.3 is 11.7 Å². The molecule has 0 aliphatic heterocycles. The van der Waals surface area contributed by atoms with Gasteiger partial charge in [0, 0.05) is 5.56 Å². The zero-order chi connectivity index (χ0) is 12.3. The van der Waals surface area contributed by atoms with Crippen LogP contribution in [0.2, 0.25) is 0 Å². The minimum absolute atomic E-state index is 0.0662. The van der Waals surface area contributed by atoms with Crippen molar-refractivity contribution in [2.24, 2.45) is 0 Å². The summed E-state index contributed by atoms with van der Waals surface area (Å²) in [6.45, 7) is 0. The van der Waals surface area contributed by atoms with Crippen molar-refractivity contribution < 1.29 is 18.8 Å². The van der Waals surface area contributed by atoms with Gasteiger partial charge < -0.3 is 10.5 Å². The molecule has 0 unspecified atom stereocenters. The van der Waals surface area contributed by atoms with Gasteiger partial charge in [-0.1, -0.05) is 0 Å². The summed E-state index contributed by atoms with van der Waals surface area (Å²) in [6.07, 6.45) is -0.371. The van der Waals surface area contributed by atoms with Crippen LogP contribution >= 0.6 is 0 Å². The van der Waals surface area contributed by atoms with E-state index in [-0.39, 0.29) is 17.7 Å². The molecule has 0 aliphatic rings. The number of nitrogens with two attached hydrogens (primary N) is 1. The number of hydrogen-bond donors (Lipinski definition) is 1. The summed E-state index contributed by atoms with van der Waals surface area (Å²) < 4.78 is 17.7. The van der Waals surface area contributed by atoms with E-state index in [0.717, 1.165) is 7.11 Å². The Morgan fingerprint density at radius 3 is 2.75 bits per heavy atom. The number of rotatable bonds is 3. The first-order valence-electron chi connectivity index (χ1n) is 4.25. The monoisotopic (exact) mass is 228 g/mol. The number of nitrogen functional groups attached to an aromatic ring is 1. The van der Waals surface area contributed by atoms with E-state index in [0.29, 0.717) is 0 Å². The Balaban J connectivity index is 3.23. The Morgan fingerprint density at radius 2 is 2.25 bits per heavy atom. The van der Waals surface area contributed by atoms with Gasteiger partial charge in [-0.3, -0.25) is 14.9 Å². The molecule has 1 aromatic rings. The molecule has 16 heavy (non-hydrogen) atoms. The molecule has 0 atom stereocenters. The number of nitrogens with zero attached hydrogens (tertiary/aromatic N) is 1. The van der Waals surface area contributed by atoms with Crippen molar-refractivity contribution in [1.82, 2.24) is 0 Å². The maximum atomic E-state index is 13.3. The predicted molar refractivity (Wildman–Crippen MR) is 53.2 cm³/mol. The lowest BCUT2D eigenvalue weighted by atomic mass is 10.1. The van der Waals surface area contributed by atoms with Crippen molar-refractivity contribution in [1.29, 1.82) is 0 Å². The van der Waals surface area contributed by atoms with Crippen LogP contribution in [0, 0.1) is 15.9 Å². The number of halogens is 1. The Hall–Kier alpha value is -2.18. The molecule has 1 rings (SSSR count). The molecule has 0 aromatic heterocycles. The minimum Gasteiger partial charge on any atom is -0.469 e. The molecule has 6 nitrogen and oxygen atoms in total. The second-order valence-corrected chi connectivity index (χ2v) is 2.99. The number of nitro benzene ring substituents is 1. The number of esters is 1. The largest absolute Gasteiger partial charge is 0.469 e. The molecule has 86 valence electrons. The Bertz CT molecular complexity index is 447. The quantitative estimate of drug-likeness (QED) is 0.361. The summed E-state index contributed by atoms with van der Waals surface area (Å²) in [7, 11) is 1.14. The third-order valence-corrected chi connectivity index (χ3v) is 1.97. The van der Waals surface area contributed by atoms with Crippen molar-refractivity contribution in [3.63, 3.8) is 0 Å². The predicted octanol–water partition coefficient (Wildman–Crippen LogP) is 1.03. The first kappa shape index (κ1) is 11.9. The number of anilines is 1. The maximum Gasteiger partial charge on any atom is 0.310 e. The zero-order valence-electron chi connectivity index (χ0n) is 8.40. The van der Waals surface area contributed by atoms with Crippen LogP contribution in [0.5, 0.6) is 0 Å². The minimum atomic E-state index is -1.13. The number of benzene rings is 1. The number of methoxy groups -OCH3 is 1. The summed E-state index contributed by atoms with van der Waals surface area (Å²) in [4.78, 5) is 20.7. The Kier molecular flexibility index (Phi) is 3.39. The first-order valence-corrected chi connectivity index (χ1v) is 4.25. The van der Waals surface area contributed by atoms with Crippen LogP contribution in [0.3, 0.4) is 0 Å². The van der Waals surface area contributed by atoms with Crippen LogP contribution in [-0.4, -0.2) is 18.0 Å². The molecule has 2 N–H and O–H groups in total. The molecule has 0 saturated carbocycles. The number of carbonyl (C=O) groups excluding carboxylic acids is 1. The van der Waals surface area contributed by atoms with Crippen LogP contribution in [-0.2, 0) is 16.0 Å². The molecule has 0 fully saturated rings. The molecule has 0 amide bonds. The van der Waals surface area contributed by atoms with Gasteiger partial charge in [-0.05, 0) is 12.1 Å². The van der Waals surface area contributed by atoms with Crippen LogP contribution in [0.25, 0.3) is 0 Å². The van der Waals surface area contributed by atoms with E-state index in [1.807, 2.05) is 0 Å². The highest BCUT2D eigenvalue weighted by molar-refractivity contribution is 5.74. The van der Waals surface area contributed by atoms with Gasteiger partial charge in [0.1, 0.15) is 0 Å². The number of nitro groups is 1. The number of hydrogen-bond acceptors (Lipinski definition) is 5. The van der Waals surface area contributed by atoms with E-state index in [1.54, 1.807) is 0 Å². The van der Waals surface area contributed by atoms with Gasteiger partial charge in [-0.15, -0.1) is 0 Å². The van der Waals surface area contributed by atoms with Gasteiger partial charge in [0.15, 0.2) is 0 Å². The summed E-state index contributed by atoms with van der Waals surface area (Å²) in [5.74, 6) is -1.82. The average Bonchev–Trinajstić information content (AvgIpc) is 2.23. The molecule has 0 saturated heterocycles. The van der Waals surface area contributed by atoms with Gasteiger partial charge in [0.05, 0.1) is 24.1 Å². The molecule has 0 heterocycles. The molecule has 0 bridgehead atoms. The van der Waals surface area contributed by atoms with Crippen molar-refractivity contribution in [3.05, 3.63) is 33.6 Å². The second-order valence-electron chi connectivity index (χ2n) is 2.99. The standard InChI is InChI=1S/C9H9FN2O4/c1-16-7(13)4-5-2-3-6(11)8(10)9(5)12(14)15/h2-3H,4,11H2,1H3. The smallest absolute Gasteiger partial charge is 0.310 e. The van der Waals surface area contributed by atoms with Gasteiger partial charge in [0.2, 0.25) is 5.82 Å². The fraction of sp³-hybridized carbons (Fsp3) is 0.222. The Morgan fingerprint density at radius 1 is 1.62 bits per heavy atom. The van der Waals surface area contributed by atoms with E-state index in [1.165, 1.54) is 12.1 Å². The van der Waals surface area contributed by atoms with Gasteiger partial charge in [-0.25, -0.2) is 0 Å². The fourth-order valence-electron chi connectivity index (χ4n) is 1.19. The third-order valence-electron chi connectivity index (χ3n) is 1.97. The third kappa shape index (κ3) is 2.25. The number of ether oxygens (including phenoxy) is 1. The topological polar surface area (TPSA) is 95.5 Å². The lowest BCUT2D eigenvalue weighted by Gasteiger charge is -2.04. The SMILES string of the molecule is COC(=O)Cc1ccc(N)c(F)c1[N+](=O)[O-]. The molecular weight excluding hydrogens is 219 g/mol. The fourth-order valence-corrected chi connectivity index (χ4v) is 1.19. The van der Waals surface area contributed by atoms with Gasteiger partial charge in [-0.2, -0.15) is 4.39 Å². The maximum absolute atomic E-state index is 13.3. The zero-order valence-corrected chi connectivity index (χ0v) is 8.40. The summed E-state index contributed by atoms with van der Waals surface area (Å²) >= 11 is 0. The number of carbonyl (C=O) groups is 1. The molecule has 0 spiro atoms. The first-order chi connectivity index (χ1) is 7.47. The van der Waals surface area contributed by atoms with Crippen LogP contribution in [0.1, 0.15) is 5.56 Å². The van der Waals surface area contributed by atoms with E-state index < -0.39 is 22.4 Å². The molecule has 0 radical (unpaired) electrons. The Labute approximate surface area is 90.0 Å². The van der Waals surface area contributed by atoms with Crippen molar-refractivity contribution in [2.45, 2.75) is 6.42 Å². The van der Waals surface area contributed by atoms with Crippen LogP contribution in [0.15, 0.2) is 12.1 Å². The molecule has 0 aliphatic carbocycles. The lowest BCUT2D eigenvalue weighted by Crippen LogP contribution is -2.09. The van der Waals surface area contributed by atoms with Gasteiger partial charge in [0.25, 0.3) is 0 Å². The molecular formula is C9H9FN2O4. The van der Waals surface area contributed by atoms with E-state index in [2.05, 4.69) is 4.74 Å². The molecule has 1 aromatic carbocycles. The van der Waals surface area contributed by atoms with Crippen molar-refractivity contribution in [2.75, 3.05) is 12.8 Å². The van der Waals surface area contributed by atoms with Crippen LogP contribution in [0.4, 0.5) is 15.8 Å². The van der Waals surface area contributed by atoms with Crippen molar-refractivity contribution >= 4 is 17.3 Å². The summed E-state index contributed by atoms with van der Waals surface area (Å²) in [6, 6.07) is 2.40. The normalized spacial score (nSPS) is 9.88. The van der Waals surface area contributed by atoms with E-state index in [9.17, 15) is 19.3 Å². The van der Waals surface area contributed by atoms with Crippen LogP contribution < -0.4 is 5.73 Å².